The van der Waals surface area contributed by atoms with Gasteiger partial charge in [0, 0.05) is 31.3 Å². The summed E-state index contributed by atoms with van der Waals surface area (Å²) in [6, 6.07) is 6.34. The molecule has 126 valence electrons. The maximum Gasteiger partial charge on any atom is 0.305 e. The number of carbonyl (C=O) groups excluding carboxylic acids is 2. The maximum absolute atomic E-state index is 12.1. The second-order valence-electron chi connectivity index (χ2n) is 6.69. The summed E-state index contributed by atoms with van der Waals surface area (Å²) in [6.07, 6.45) is -0.102. The van der Waals surface area contributed by atoms with Crippen LogP contribution in [-0.4, -0.2) is 47.9 Å². The molecule has 23 heavy (non-hydrogen) atoms. The van der Waals surface area contributed by atoms with Crippen LogP contribution in [0.3, 0.4) is 0 Å². The minimum Gasteiger partial charge on any atom is -0.481 e. The van der Waals surface area contributed by atoms with Crippen molar-refractivity contribution in [1.29, 1.82) is 0 Å². The number of carbonyl (C=O) groups is 3. The number of hydrogen-bond acceptors (Lipinski definition) is 3. The highest BCUT2D eigenvalue weighted by atomic mass is 16.4. The number of nitrogens with one attached hydrogen (secondary N) is 1. The number of amides is 2. The fourth-order valence-electron chi connectivity index (χ4n) is 1.80. The van der Waals surface area contributed by atoms with Gasteiger partial charge < -0.3 is 15.3 Å². The molecule has 0 saturated carbocycles. The van der Waals surface area contributed by atoms with Crippen molar-refractivity contribution in [2.24, 2.45) is 5.41 Å². The highest BCUT2D eigenvalue weighted by Crippen LogP contribution is 2.12. The van der Waals surface area contributed by atoms with Crippen molar-refractivity contribution in [3.8, 4) is 0 Å². The molecule has 1 rings (SSSR count). The van der Waals surface area contributed by atoms with E-state index in [9.17, 15) is 14.4 Å². The summed E-state index contributed by atoms with van der Waals surface area (Å²) in [5.41, 5.74) is 0.905. The summed E-state index contributed by atoms with van der Waals surface area (Å²) in [4.78, 5) is 36.0. The molecule has 0 aliphatic rings. The van der Waals surface area contributed by atoms with Crippen molar-refractivity contribution in [3.05, 3.63) is 35.4 Å². The Kier molecular flexibility index (Phi) is 6.30. The molecule has 6 heteroatoms. The molecule has 1 aromatic carbocycles. The van der Waals surface area contributed by atoms with Crippen LogP contribution in [0.15, 0.2) is 24.3 Å². The van der Waals surface area contributed by atoms with E-state index < -0.39 is 5.97 Å². The molecular formula is C17H24N2O4. The van der Waals surface area contributed by atoms with E-state index >= 15 is 0 Å². The van der Waals surface area contributed by atoms with Crippen LogP contribution >= 0.6 is 0 Å². The van der Waals surface area contributed by atoms with Crippen molar-refractivity contribution < 1.29 is 19.5 Å². The van der Waals surface area contributed by atoms with Crippen molar-refractivity contribution in [1.82, 2.24) is 10.2 Å². The van der Waals surface area contributed by atoms with Gasteiger partial charge in [0.1, 0.15) is 0 Å². The van der Waals surface area contributed by atoms with Crippen LogP contribution in [0.1, 0.15) is 47.9 Å². The highest BCUT2D eigenvalue weighted by molar-refractivity contribution is 5.97. The molecule has 0 unspecified atom stereocenters. The van der Waals surface area contributed by atoms with Gasteiger partial charge in [-0.05, 0) is 29.7 Å². The lowest BCUT2D eigenvalue weighted by atomic mass is 9.97. The Hall–Kier alpha value is -2.37. The van der Waals surface area contributed by atoms with Gasteiger partial charge in [0.05, 0.1) is 6.42 Å². The van der Waals surface area contributed by atoms with Gasteiger partial charge >= 0.3 is 5.97 Å². The second-order valence-corrected chi connectivity index (χ2v) is 6.69. The molecule has 2 amide bonds. The van der Waals surface area contributed by atoms with E-state index in [-0.39, 0.29) is 30.2 Å². The number of carboxylic acid groups (broad SMARTS) is 1. The van der Waals surface area contributed by atoms with Crippen LogP contribution in [0.4, 0.5) is 0 Å². The average molecular weight is 320 g/mol. The van der Waals surface area contributed by atoms with E-state index in [1.54, 1.807) is 31.3 Å². The van der Waals surface area contributed by atoms with E-state index in [0.717, 1.165) is 0 Å². The molecule has 0 atom stereocenters. The Balaban J connectivity index is 2.67. The lowest BCUT2D eigenvalue weighted by Gasteiger charge is -2.19. The Bertz CT molecular complexity index is 573. The summed E-state index contributed by atoms with van der Waals surface area (Å²) >= 11 is 0. The Morgan fingerprint density at radius 1 is 1.09 bits per heavy atom. The molecule has 6 nitrogen and oxygen atoms in total. The third-order valence-corrected chi connectivity index (χ3v) is 3.18. The maximum atomic E-state index is 12.1. The van der Waals surface area contributed by atoms with Gasteiger partial charge in [0.15, 0.2) is 0 Å². The van der Waals surface area contributed by atoms with Crippen LogP contribution in [-0.2, 0) is 4.79 Å². The first-order valence-electron chi connectivity index (χ1n) is 7.46. The third-order valence-electron chi connectivity index (χ3n) is 3.18. The van der Waals surface area contributed by atoms with Crippen LogP contribution in [0, 0.1) is 5.41 Å². The van der Waals surface area contributed by atoms with Crippen molar-refractivity contribution in [2.45, 2.75) is 27.2 Å². The molecule has 1 aromatic rings. The summed E-state index contributed by atoms with van der Waals surface area (Å²) in [6.45, 7) is 6.79. The van der Waals surface area contributed by atoms with Crippen LogP contribution in [0.25, 0.3) is 0 Å². The number of rotatable bonds is 6. The molecule has 2 N–H and O–H groups in total. The van der Waals surface area contributed by atoms with Gasteiger partial charge in [-0.2, -0.15) is 0 Å². The van der Waals surface area contributed by atoms with Gasteiger partial charge in [0.2, 0.25) is 0 Å². The Labute approximate surface area is 136 Å². The molecule has 0 aliphatic heterocycles. The predicted octanol–water partition coefficient (Wildman–Crippen LogP) is 2.01. The van der Waals surface area contributed by atoms with E-state index in [2.05, 4.69) is 5.32 Å². The van der Waals surface area contributed by atoms with Crippen LogP contribution in [0.2, 0.25) is 0 Å². The van der Waals surface area contributed by atoms with E-state index in [4.69, 9.17) is 5.11 Å². The topological polar surface area (TPSA) is 86.7 Å². The molecule has 0 fully saturated rings. The smallest absolute Gasteiger partial charge is 0.305 e. The first-order chi connectivity index (χ1) is 10.6. The molecule has 0 radical (unpaired) electrons. The van der Waals surface area contributed by atoms with Gasteiger partial charge in [-0.25, -0.2) is 0 Å². The zero-order chi connectivity index (χ0) is 17.6. The summed E-state index contributed by atoms with van der Waals surface area (Å²) < 4.78 is 0. The number of carboxylic acids is 1. The first-order valence-corrected chi connectivity index (χ1v) is 7.46. The zero-order valence-electron chi connectivity index (χ0n) is 14.0. The molecule has 0 saturated heterocycles. The molecule has 0 spiro atoms. The van der Waals surface area contributed by atoms with Gasteiger partial charge in [-0.1, -0.05) is 20.8 Å². The zero-order valence-corrected chi connectivity index (χ0v) is 14.0. The molecule has 0 heterocycles. The first kappa shape index (κ1) is 18.7. The normalized spacial score (nSPS) is 11.0. The number of aliphatic carboxylic acids is 1. The fraction of sp³-hybridized carbons (Fsp3) is 0.471. The number of benzene rings is 1. The lowest BCUT2D eigenvalue weighted by molar-refractivity contribution is -0.137. The Morgan fingerprint density at radius 2 is 1.61 bits per heavy atom. The minimum atomic E-state index is -0.949. The summed E-state index contributed by atoms with van der Waals surface area (Å²) in [5, 5.41) is 11.5. The largest absolute Gasteiger partial charge is 0.481 e. The van der Waals surface area contributed by atoms with Gasteiger partial charge in [-0.15, -0.1) is 0 Å². The average Bonchev–Trinajstić information content (AvgIpc) is 2.48. The molecule has 0 bridgehead atoms. The van der Waals surface area contributed by atoms with E-state index in [1.807, 2.05) is 20.8 Å². The summed E-state index contributed by atoms with van der Waals surface area (Å²) in [5.74, 6) is -1.40. The SMILES string of the molecule is CN(CCC(=O)O)C(=O)c1ccc(C(=O)NCC(C)(C)C)cc1. The van der Waals surface area contributed by atoms with Gasteiger partial charge in [-0.3, -0.25) is 14.4 Å². The predicted molar refractivity (Wildman–Crippen MR) is 87.4 cm³/mol. The monoisotopic (exact) mass is 320 g/mol. The number of hydrogen-bond donors (Lipinski definition) is 2. The third kappa shape index (κ3) is 6.50. The quantitative estimate of drug-likeness (QED) is 0.839. The number of nitrogens with zero attached hydrogens (tertiary/aromatic N) is 1. The van der Waals surface area contributed by atoms with Crippen LogP contribution < -0.4 is 5.32 Å². The summed E-state index contributed by atoms with van der Waals surface area (Å²) in [7, 11) is 1.55. The Morgan fingerprint density at radius 3 is 2.09 bits per heavy atom. The second kappa shape index (κ2) is 7.76. The van der Waals surface area contributed by atoms with Crippen molar-refractivity contribution in [2.75, 3.05) is 20.1 Å². The lowest BCUT2D eigenvalue weighted by Crippen LogP contribution is -2.32. The van der Waals surface area contributed by atoms with Crippen molar-refractivity contribution >= 4 is 17.8 Å². The molecular weight excluding hydrogens is 296 g/mol. The molecule has 0 aliphatic carbocycles. The van der Waals surface area contributed by atoms with E-state index in [0.29, 0.717) is 17.7 Å². The van der Waals surface area contributed by atoms with Gasteiger partial charge in [0.25, 0.3) is 11.8 Å². The highest BCUT2D eigenvalue weighted by Gasteiger charge is 2.15. The minimum absolute atomic E-state index is 0.00157. The fourth-order valence-corrected chi connectivity index (χ4v) is 1.80. The van der Waals surface area contributed by atoms with Crippen molar-refractivity contribution in [3.63, 3.8) is 0 Å². The standard InChI is InChI=1S/C17H24N2O4/c1-17(2,3)11-18-15(22)12-5-7-13(8-6-12)16(23)19(4)10-9-14(20)21/h5-8H,9-11H2,1-4H3,(H,18,22)(H,20,21). The van der Waals surface area contributed by atoms with Crippen LogP contribution in [0.5, 0.6) is 0 Å². The molecule has 0 aromatic heterocycles. The van der Waals surface area contributed by atoms with E-state index in [1.165, 1.54) is 4.90 Å².